The number of aromatic hydroxyl groups is 1. The number of phenolic OH excluding ortho intramolecular Hbond substituents is 1. The van der Waals surface area contributed by atoms with Gasteiger partial charge in [0.25, 0.3) is 5.91 Å². The van der Waals surface area contributed by atoms with Crippen molar-refractivity contribution in [2.75, 3.05) is 5.32 Å². The maximum Gasteiger partial charge on any atom is 0.255 e. The number of anilines is 1. The number of pyridine rings is 1. The normalized spacial score (nSPS) is 11.2. The lowest BCUT2D eigenvalue weighted by Crippen LogP contribution is -2.24. The van der Waals surface area contributed by atoms with Crippen LogP contribution in [0.3, 0.4) is 0 Å². The van der Waals surface area contributed by atoms with Crippen molar-refractivity contribution in [2.24, 2.45) is 0 Å². The topological polar surface area (TPSA) is 108 Å². The van der Waals surface area contributed by atoms with Crippen LogP contribution < -0.4 is 10.0 Å². The van der Waals surface area contributed by atoms with Crippen molar-refractivity contribution in [1.82, 2.24) is 9.71 Å². The van der Waals surface area contributed by atoms with Gasteiger partial charge in [0.1, 0.15) is 10.6 Å². The average Bonchev–Trinajstić information content (AvgIpc) is 2.69. The molecule has 3 rings (SSSR count). The third-order valence-corrected chi connectivity index (χ3v) is 5.96. The second kappa shape index (κ2) is 8.60. The molecular formula is C20H18ClN3O4S. The fourth-order valence-corrected chi connectivity index (χ4v) is 4.09. The van der Waals surface area contributed by atoms with E-state index in [1.54, 1.807) is 43.6 Å². The number of benzene rings is 2. The average molecular weight is 432 g/mol. The van der Waals surface area contributed by atoms with Crippen molar-refractivity contribution >= 4 is 33.2 Å². The zero-order valence-corrected chi connectivity index (χ0v) is 17.0. The maximum absolute atomic E-state index is 12.7. The molecule has 3 aromatic rings. The molecule has 0 unspecified atom stereocenters. The molecule has 0 radical (unpaired) electrons. The van der Waals surface area contributed by atoms with Gasteiger partial charge in [-0.1, -0.05) is 23.7 Å². The van der Waals surface area contributed by atoms with E-state index in [9.17, 15) is 18.3 Å². The van der Waals surface area contributed by atoms with E-state index in [2.05, 4.69) is 15.0 Å². The summed E-state index contributed by atoms with van der Waals surface area (Å²) in [5.74, 6) is -0.664. The molecular weight excluding hydrogens is 414 g/mol. The Morgan fingerprint density at radius 2 is 1.97 bits per heavy atom. The molecule has 0 saturated heterocycles. The molecule has 0 aliphatic heterocycles. The molecule has 7 nitrogen and oxygen atoms in total. The number of aromatic nitrogens is 1. The van der Waals surface area contributed by atoms with Crippen molar-refractivity contribution in [3.63, 3.8) is 0 Å². The Morgan fingerprint density at radius 3 is 2.66 bits per heavy atom. The molecule has 3 N–H and O–H groups in total. The first-order chi connectivity index (χ1) is 13.8. The van der Waals surface area contributed by atoms with Crippen LogP contribution in [0.25, 0.3) is 0 Å². The van der Waals surface area contributed by atoms with Crippen LogP contribution in [0.4, 0.5) is 5.69 Å². The van der Waals surface area contributed by atoms with E-state index < -0.39 is 15.9 Å². The van der Waals surface area contributed by atoms with E-state index in [1.807, 2.05) is 0 Å². The SMILES string of the molecule is Cc1ccc(NC(=O)c2ccc(Cl)c(S(=O)(=O)NCc3cccnc3)c2)c(O)c1. The highest BCUT2D eigenvalue weighted by Crippen LogP contribution is 2.26. The van der Waals surface area contributed by atoms with Crippen molar-refractivity contribution in [3.8, 4) is 5.75 Å². The molecule has 1 heterocycles. The molecule has 0 aliphatic rings. The van der Waals surface area contributed by atoms with Crippen LogP contribution in [0.5, 0.6) is 5.75 Å². The highest BCUT2D eigenvalue weighted by atomic mass is 35.5. The van der Waals surface area contributed by atoms with Crippen LogP contribution in [0.2, 0.25) is 5.02 Å². The van der Waals surface area contributed by atoms with E-state index in [0.717, 1.165) is 5.56 Å². The summed E-state index contributed by atoms with van der Waals surface area (Å²) in [4.78, 5) is 16.2. The second-order valence-corrected chi connectivity index (χ2v) is 8.45. The summed E-state index contributed by atoms with van der Waals surface area (Å²) in [6.07, 6.45) is 3.13. The van der Waals surface area contributed by atoms with Gasteiger partial charge >= 0.3 is 0 Å². The van der Waals surface area contributed by atoms with Crippen LogP contribution in [0.15, 0.2) is 65.8 Å². The number of carbonyl (C=O) groups is 1. The first-order valence-corrected chi connectivity index (χ1v) is 10.4. The number of rotatable bonds is 6. The Labute approximate surface area is 173 Å². The molecule has 0 saturated carbocycles. The number of hydrogen-bond acceptors (Lipinski definition) is 5. The van der Waals surface area contributed by atoms with Gasteiger partial charge in [-0.25, -0.2) is 13.1 Å². The summed E-state index contributed by atoms with van der Waals surface area (Å²) >= 11 is 6.07. The van der Waals surface area contributed by atoms with Crippen molar-refractivity contribution in [1.29, 1.82) is 0 Å². The number of hydrogen-bond donors (Lipinski definition) is 3. The molecule has 0 fully saturated rings. The minimum Gasteiger partial charge on any atom is -0.506 e. The smallest absolute Gasteiger partial charge is 0.255 e. The number of carbonyl (C=O) groups excluding carboxylic acids is 1. The molecule has 1 aromatic heterocycles. The highest BCUT2D eigenvalue weighted by molar-refractivity contribution is 7.89. The van der Waals surface area contributed by atoms with Gasteiger partial charge in [-0.15, -0.1) is 0 Å². The monoisotopic (exact) mass is 431 g/mol. The summed E-state index contributed by atoms with van der Waals surface area (Å²) in [6, 6.07) is 12.2. The first-order valence-electron chi connectivity index (χ1n) is 8.55. The van der Waals surface area contributed by atoms with Gasteiger partial charge in [0, 0.05) is 24.5 Å². The van der Waals surface area contributed by atoms with Crippen molar-refractivity contribution in [3.05, 3.63) is 82.6 Å². The van der Waals surface area contributed by atoms with Gasteiger partial charge in [0.15, 0.2) is 0 Å². The molecule has 150 valence electrons. The van der Waals surface area contributed by atoms with Crippen LogP contribution in [-0.2, 0) is 16.6 Å². The van der Waals surface area contributed by atoms with Crippen LogP contribution in [0, 0.1) is 6.92 Å². The first kappa shape index (κ1) is 20.8. The summed E-state index contributed by atoms with van der Waals surface area (Å²) in [6.45, 7) is 1.83. The van der Waals surface area contributed by atoms with E-state index >= 15 is 0 Å². The zero-order valence-electron chi connectivity index (χ0n) is 15.4. The number of phenols is 1. The fraction of sp³-hybridized carbons (Fsp3) is 0.100. The minimum atomic E-state index is -3.97. The number of amides is 1. The number of nitrogens with one attached hydrogen (secondary N) is 2. The predicted octanol–water partition coefficient (Wildman–Crippen LogP) is 3.48. The van der Waals surface area contributed by atoms with Gasteiger partial charge in [-0.2, -0.15) is 0 Å². The maximum atomic E-state index is 12.7. The van der Waals surface area contributed by atoms with Crippen molar-refractivity contribution < 1.29 is 18.3 Å². The molecule has 0 spiro atoms. The van der Waals surface area contributed by atoms with Gasteiger partial charge in [0.05, 0.1) is 10.7 Å². The van der Waals surface area contributed by atoms with E-state index in [1.165, 1.54) is 24.3 Å². The lowest BCUT2D eigenvalue weighted by Gasteiger charge is -2.11. The second-order valence-electron chi connectivity index (χ2n) is 6.31. The van der Waals surface area contributed by atoms with Crippen LogP contribution >= 0.6 is 11.6 Å². The summed E-state index contributed by atoms with van der Waals surface area (Å²) in [7, 11) is -3.97. The quantitative estimate of drug-likeness (QED) is 0.518. The Bertz CT molecular complexity index is 1150. The predicted molar refractivity (Wildman–Crippen MR) is 111 cm³/mol. The van der Waals surface area contributed by atoms with Crippen LogP contribution in [-0.4, -0.2) is 24.4 Å². The number of aryl methyl sites for hydroxylation is 1. The Kier molecular flexibility index (Phi) is 6.17. The summed E-state index contributed by atoms with van der Waals surface area (Å²) < 4.78 is 27.8. The van der Waals surface area contributed by atoms with E-state index in [-0.39, 0.29) is 33.5 Å². The Morgan fingerprint density at radius 1 is 1.17 bits per heavy atom. The van der Waals surface area contributed by atoms with Gasteiger partial charge < -0.3 is 10.4 Å². The highest BCUT2D eigenvalue weighted by Gasteiger charge is 2.20. The molecule has 1 amide bonds. The van der Waals surface area contributed by atoms with Gasteiger partial charge in [-0.05, 0) is 54.4 Å². The van der Waals surface area contributed by atoms with Crippen LogP contribution in [0.1, 0.15) is 21.5 Å². The molecule has 0 atom stereocenters. The third kappa shape index (κ3) is 5.11. The molecule has 0 bridgehead atoms. The standard InChI is InChI=1S/C20H18ClN3O4S/c1-13-4-7-17(18(25)9-13)24-20(26)15-5-6-16(21)19(10-15)29(27,28)23-12-14-3-2-8-22-11-14/h2-11,23,25H,12H2,1H3,(H,24,26). The Hall–Kier alpha value is -2.94. The molecule has 0 aliphatic carbocycles. The summed E-state index contributed by atoms with van der Waals surface area (Å²) in [5.41, 5.74) is 1.81. The fourth-order valence-electron chi connectivity index (χ4n) is 2.55. The minimum absolute atomic E-state index is 0.0154. The van der Waals surface area contributed by atoms with E-state index in [0.29, 0.717) is 5.56 Å². The number of halogens is 1. The third-order valence-electron chi connectivity index (χ3n) is 4.07. The lowest BCUT2D eigenvalue weighted by molar-refractivity contribution is 0.102. The van der Waals surface area contributed by atoms with Gasteiger partial charge in [0.2, 0.25) is 10.0 Å². The molecule has 2 aromatic carbocycles. The number of sulfonamides is 1. The lowest BCUT2D eigenvalue weighted by atomic mass is 10.2. The summed E-state index contributed by atoms with van der Waals surface area (Å²) in [5, 5.41) is 12.5. The largest absolute Gasteiger partial charge is 0.506 e. The number of nitrogens with zero attached hydrogens (tertiary/aromatic N) is 1. The van der Waals surface area contributed by atoms with Crippen molar-refractivity contribution in [2.45, 2.75) is 18.4 Å². The molecule has 9 heteroatoms. The van der Waals surface area contributed by atoms with E-state index in [4.69, 9.17) is 11.6 Å². The molecule has 29 heavy (non-hydrogen) atoms. The zero-order chi connectivity index (χ0) is 21.0. The van der Waals surface area contributed by atoms with Gasteiger partial charge in [-0.3, -0.25) is 9.78 Å². The Balaban J connectivity index is 1.82.